The Balaban J connectivity index is 1.64. The van der Waals surface area contributed by atoms with Crippen LogP contribution in [-0.4, -0.2) is 17.4 Å². The number of nitrogens with one attached hydrogen (secondary N) is 1. The highest BCUT2D eigenvalue weighted by molar-refractivity contribution is 5.91. The monoisotopic (exact) mass is 440 g/mol. The molecule has 0 unspecified atom stereocenters. The fourth-order valence-corrected chi connectivity index (χ4v) is 3.56. The van der Waals surface area contributed by atoms with Crippen molar-refractivity contribution in [1.82, 2.24) is 10.2 Å². The maximum absolute atomic E-state index is 13.7. The SMILES string of the molecule is CCCCCCNC(=O)c1ccc(CN(Cc2ccc(F)cc2)Cc2cccc(F)c2)o1. The van der Waals surface area contributed by atoms with Crippen LogP contribution in [0.25, 0.3) is 0 Å². The van der Waals surface area contributed by atoms with Crippen molar-refractivity contribution in [2.45, 2.75) is 52.2 Å². The molecule has 0 radical (unpaired) electrons. The summed E-state index contributed by atoms with van der Waals surface area (Å²) >= 11 is 0. The number of carbonyl (C=O) groups excluding carboxylic acids is 1. The molecular formula is C26H30F2N2O2. The van der Waals surface area contributed by atoms with Crippen LogP contribution in [0.15, 0.2) is 65.1 Å². The van der Waals surface area contributed by atoms with E-state index in [-0.39, 0.29) is 23.3 Å². The summed E-state index contributed by atoms with van der Waals surface area (Å²) in [6.07, 6.45) is 4.36. The minimum atomic E-state index is -0.292. The summed E-state index contributed by atoms with van der Waals surface area (Å²) in [6, 6.07) is 16.2. The highest BCUT2D eigenvalue weighted by atomic mass is 19.1. The van der Waals surface area contributed by atoms with E-state index in [0.29, 0.717) is 31.9 Å². The van der Waals surface area contributed by atoms with Crippen LogP contribution in [0.2, 0.25) is 0 Å². The average molecular weight is 441 g/mol. The van der Waals surface area contributed by atoms with E-state index < -0.39 is 0 Å². The second-order valence-electron chi connectivity index (χ2n) is 7.98. The second kappa shape index (κ2) is 12.2. The zero-order valence-corrected chi connectivity index (χ0v) is 18.4. The number of hydrogen-bond acceptors (Lipinski definition) is 3. The van der Waals surface area contributed by atoms with Gasteiger partial charge in [-0.3, -0.25) is 9.69 Å². The number of halogens is 2. The van der Waals surface area contributed by atoms with E-state index in [4.69, 9.17) is 4.42 Å². The molecule has 0 bridgehead atoms. The Morgan fingerprint density at radius 3 is 2.41 bits per heavy atom. The summed E-state index contributed by atoms with van der Waals surface area (Å²) in [6.45, 7) is 4.21. The van der Waals surface area contributed by atoms with E-state index in [9.17, 15) is 13.6 Å². The van der Waals surface area contributed by atoms with E-state index in [0.717, 1.165) is 36.8 Å². The number of rotatable bonds is 12. The van der Waals surface area contributed by atoms with Gasteiger partial charge in [-0.2, -0.15) is 0 Å². The van der Waals surface area contributed by atoms with Crippen LogP contribution in [0, 0.1) is 11.6 Å². The van der Waals surface area contributed by atoms with E-state index in [2.05, 4.69) is 17.1 Å². The molecule has 170 valence electrons. The number of unbranched alkanes of at least 4 members (excludes halogenated alkanes) is 3. The van der Waals surface area contributed by atoms with Gasteiger partial charge < -0.3 is 9.73 Å². The Hall–Kier alpha value is -2.99. The van der Waals surface area contributed by atoms with Gasteiger partial charge in [0.2, 0.25) is 0 Å². The molecule has 0 aliphatic rings. The molecule has 1 heterocycles. The lowest BCUT2D eigenvalue weighted by Crippen LogP contribution is -2.24. The van der Waals surface area contributed by atoms with Crippen molar-refractivity contribution in [2.24, 2.45) is 0 Å². The highest BCUT2D eigenvalue weighted by Crippen LogP contribution is 2.17. The quantitative estimate of drug-likeness (QED) is 0.348. The lowest BCUT2D eigenvalue weighted by atomic mass is 10.1. The Morgan fingerprint density at radius 2 is 1.66 bits per heavy atom. The minimum Gasteiger partial charge on any atom is -0.455 e. The van der Waals surface area contributed by atoms with Crippen molar-refractivity contribution in [3.8, 4) is 0 Å². The summed E-state index contributed by atoms with van der Waals surface area (Å²) < 4.78 is 32.7. The number of hydrogen-bond donors (Lipinski definition) is 1. The molecule has 2 aromatic carbocycles. The van der Waals surface area contributed by atoms with Gasteiger partial charge in [0, 0.05) is 19.6 Å². The molecule has 1 N–H and O–H groups in total. The highest BCUT2D eigenvalue weighted by Gasteiger charge is 2.15. The Morgan fingerprint density at radius 1 is 0.875 bits per heavy atom. The molecule has 0 aliphatic heterocycles. The van der Waals surface area contributed by atoms with Crippen LogP contribution in [0.5, 0.6) is 0 Å². The molecule has 32 heavy (non-hydrogen) atoms. The number of nitrogens with zero attached hydrogens (tertiary/aromatic N) is 1. The predicted octanol–water partition coefficient (Wildman–Crippen LogP) is 6.07. The third kappa shape index (κ3) is 7.61. The normalized spacial score (nSPS) is 11.1. The molecule has 0 saturated heterocycles. The molecule has 0 aliphatic carbocycles. The number of carbonyl (C=O) groups is 1. The van der Waals surface area contributed by atoms with Gasteiger partial charge in [-0.05, 0) is 53.9 Å². The first kappa shape index (κ1) is 23.7. The summed E-state index contributed by atoms with van der Waals surface area (Å²) in [5.41, 5.74) is 1.75. The summed E-state index contributed by atoms with van der Waals surface area (Å²) in [4.78, 5) is 14.4. The van der Waals surface area contributed by atoms with Crippen LogP contribution in [-0.2, 0) is 19.6 Å². The van der Waals surface area contributed by atoms with Crippen molar-refractivity contribution in [3.05, 3.63) is 94.9 Å². The molecule has 0 fully saturated rings. The van der Waals surface area contributed by atoms with Crippen LogP contribution in [0.3, 0.4) is 0 Å². The molecule has 0 saturated carbocycles. The standard InChI is InChI=1S/C26H30F2N2O2/c1-2-3-4-5-15-29-26(31)25-14-13-24(32-25)19-30(17-20-9-11-22(27)12-10-20)18-21-7-6-8-23(28)16-21/h6-14,16H,2-5,15,17-19H2,1H3,(H,29,31). The Bertz CT molecular complexity index is 986. The lowest BCUT2D eigenvalue weighted by Gasteiger charge is -2.21. The van der Waals surface area contributed by atoms with E-state index in [1.165, 1.54) is 24.3 Å². The number of benzene rings is 2. The average Bonchev–Trinajstić information content (AvgIpc) is 3.24. The van der Waals surface area contributed by atoms with Crippen molar-refractivity contribution in [3.63, 3.8) is 0 Å². The molecule has 4 nitrogen and oxygen atoms in total. The maximum Gasteiger partial charge on any atom is 0.286 e. The number of furan rings is 1. The maximum atomic E-state index is 13.7. The molecule has 3 rings (SSSR count). The summed E-state index contributed by atoms with van der Waals surface area (Å²) in [5.74, 6) is 0.118. The van der Waals surface area contributed by atoms with E-state index >= 15 is 0 Å². The first-order valence-electron chi connectivity index (χ1n) is 11.1. The minimum absolute atomic E-state index is 0.219. The first-order valence-corrected chi connectivity index (χ1v) is 11.1. The van der Waals surface area contributed by atoms with Gasteiger partial charge in [0.05, 0.1) is 6.54 Å². The number of amides is 1. The largest absolute Gasteiger partial charge is 0.455 e. The molecule has 0 spiro atoms. The molecular weight excluding hydrogens is 410 g/mol. The molecule has 0 atom stereocenters. The third-order valence-corrected chi connectivity index (χ3v) is 5.20. The fourth-order valence-electron chi connectivity index (χ4n) is 3.56. The molecule has 3 aromatic rings. The zero-order chi connectivity index (χ0) is 22.8. The topological polar surface area (TPSA) is 45.5 Å². The van der Waals surface area contributed by atoms with Crippen LogP contribution in [0.4, 0.5) is 8.78 Å². The smallest absolute Gasteiger partial charge is 0.286 e. The molecule has 1 amide bonds. The summed E-state index contributed by atoms with van der Waals surface area (Å²) in [5, 5.41) is 2.89. The van der Waals surface area contributed by atoms with Gasteiger partial charge in [-0.15, -0.1) is 0 Å². The fraction of sp³-hybridized carbons (Fsp3) is 0.346. The van der Waals surface area contributed by atoms with E-state index in [1.54, 1.807) is 30.3 Å². The molecule has 6 heteroatoms. The third-order valence-electron chi connectivity index (χ3n) is 5.20. The Kier molecular flexibility index (Phi) is 8.99. The predicted molar refractivity (Wildman–Crippen MR) is 121 cm³/mol. The van der Waals surface area contributed by atoms with E-state index in [1.807, 2.05) is 6.07 Å². The van der Waals surface area contributed by atoms with Crippen LogP contribution >= 0.6 is 0 Å². The van der Waals surface area contributed by atoms with Gasteiger partial charge >= 0.3 is 0 Å². The first-order chi connectivity index (χ1) is 15.5. The van der Waals surface area contributed by atoms with Gasteiger partial charge in [-0.1, -0.05) is 50.5 Å². The second-order valence-corrected chi connectivity index (χ2v) is 7.98. The van der Waals surface area contributed by atoms with Crippen LogP contribution < -0.4 is 5.32 Å². The van der Waals surface area contributed by atoms with Gasteiger partial charge in [0.1, 0.15) is 17.4 Å². The van der Waals surface area contributed by atoms with Gasteiger partial charge in [-0.25, -0.2) is 8.78 Å². The van der Waals surface area contributed by atoms with Crippen molar-refractivity contribution in [1.29, 1.82) is 0 Å². The van der Waals surface area contributed by atoms with Gasteiger partial charge in [0.15, 0.2) is 5.76 Å². The van der Waals surface area contributed by atoms with Crippen LogP contribution in [0.1, 0.15) is 60.0 Å². The lowest BCUT2D eigenvalue weighted by molar-refractivity contribution is 0.0920. The van der Waals surface area contributed by atoms with Crippen molar-refractivity contribution < 1.29 is 18.0 Å². The van der Waals surface area contributed by atoms with Gasteiger partial charge in [0.25, 0.3) is 5.91 Å². The summed E-state index contributed by atoms with van der Waals surface area (Å²) in [7, 11) is 0. The zero-order valence-electron chi connectivity index (χ0n) is 18.4. The Labute approximate surface area is 188 Å². The van der Waals surface area contributed by atoms with Crippen molar-refractivity contribution in [2.75, 3.05) is 6.54 Å². The van der Waals surface area contributed by atoms with Crippen molar-refractivity contribution >= 4 is 5.91 Å². The molecule has 1 aromatic heterocycles.